The number of ether oxygens (including phenoxy) is 1. The summed E-state index contributed by atoms with van der Waals surface area (Å²) in [6, 6.07) is 0. The van der Waals surface area contributed by atoms with Crippen LogP contribution in [-0.2, 0) is 20.7 Å². The van der Waals surface area contributed by atoms with Crippen molar-refractivity contribution in [1.29, 1.82) is 0 Å². The summed E-state index contributed by atoms with van der Waals surface area (Å²) in [5, 5.41) is 0. The summed E-state index contributed by atoms with van der Waals surface area (Å²) in [6.45, 7) is 2.75. The fourth-order valence-electron chi connectivity index (χ4n) is 0.136. The number of rotatable bonds is 3. The molecule has 1 radical (unpaired) electrons. The molecule has 0 bridgehead atoms. The molecule has 0 aromatic rings. The Hall–Kier alpha value is -0.220. The molecular formula is C4H7O3S. The highest BCUT2D eigenvalue weighted by molar-refractivity contribution is 7.91. The third-order valence-corrected chi connectivity index (χ3v) is 1.71. The van der Waals surface area contributed by atoms with E-state index in [1.807, 2.05) is 0 Å². The van der Waals surface area contributed by atoms with Gasteiger partial charge in [0.2, 0.25) is 0 Å². The van der Waals surface area contributed by atoms with Gasteiger partial charge >= 0.3 is 6.47 Å². The van der Waals surface area contributed by atoms with Crippen molar-refractivity contribution in [3.63, 3.8) is 0 Å². The smallest absolute Gasteiger partial charge is 0.421 e. The van der Waals surface area contributed by atoms with E-state index in [4.69, 9.17) is 0 Å². The highest BCUT2D eigenvalue weighted by atomic mass is 32.2. The Morgan fingerprint density at radius 3 is 2.50 bits per heavy atom. The van der Waals surface area contributed by atoms with E-state index < -0.39 is 16.6 Å². The molecule has 0 amide bonds. The Bertz CT molecular complexity index is 73.7. The fourth-order valence-corrected chi connectivity index (χ4v) is 0.310. The van der Waals surface area contributed by atoms with E-state index >= 15 is 0 Å². The summed E-state index contributed by atoms with van der Waals surface area (Å²) in [5.41, 5.74) is -0.535. The van der Waals surface area contributed by atoms with Gasteiger partial charge in [0.25, 0.3) is 5.44 Å². The van der Waals surface area contributed by atoms with Gasteiger partial charge in [-0.2, -0.15) is 0 Å². The largest absolute Gasteiger partial charge is 0.614 e. The molecule has 0 N–H and O–H groups in total. The molecule has 0 aromatic carbocycles. The first kappa shape index (κ1) is 7.78. The molecule has 47 valence electrons. The lowest BCUT2D eigenvalue weighted by Crippen LogP contribution is -2.18. The monoisotopic (exact) mass is 135 g/mol. The second kappa shape index (κ2) is 3.74. The molecule has 0 spiro atoms. The summed E-state index contributed by atoms with van der Waals surface area (Å²) in [5.74, 6) is 0. The maximum atomic E-state index is 10.3. The molecule has 0 fully saturated rings. The summed E-state index contributed by atoms with van der Waals surface area (Å²) in [4.78, 5) is 9.44. The van der Waals surface area contributed by atoms with E-state index in [1.165, 1.54) is 12.7 Å². The predicted molar refractivity (Wildman–Crippen MR) is 30.3 cm³/mol. The zero-order chi connectivity index (χ0) is 6.57. The molecule has 2 unspecified atom stereocenters. The van der Waals surface area contributed by atoms with Crippen molar-refractivity contribution in [2.45, 2.75) is 12.4 Å². The van der Waals surface area contributed by atoms with Gasteiger partial charge in [0.15, 0.2) is 0 Å². The van der Waals surface area contributed by atoms with Crippen LogP contribution in [0.4, 0.5) is 0 Å². The Morgan fingerprint density at radius 1 is 1.88 bits per heavy atom. The molecular weight excluding hydrogens is 128 g/mol. The maximum Gasteiger partial charge on any atom is 0.421 e. The van der Waals surface area contributed by atoms with Gasteiger partial charge in [0.1, 0.15) is 0 Å². The van der Waals surface area contributed by atoms with E-state index in [0.29, 0.717) is 0 Å². The summed E-state index contributed by atoms with van der Waals surface area (Å²) in [6.07, 6.45) is 1.46. The molecule has 8 heavy (non-hydrogen) atoms. The third kappa shape index (κ3) is 2.87. The van der Waals surface area contributed by atoms with Crippen molar-refractivity contribution < 1.29 is 14.1 Å². The van der Waals surface area contributed by atoms with Crippen molar-refractivity contribution in [3.05, 3.63) is 0 Å². The van der Waals surface area contributed by atoms with Crippen molar-refractivity contribution in [1.82, 2.24) is 0 Å². The lowest BCUT2D eigenvalue weighted by molar-refractivity contribution is 0.257. The predicted octanol–water partition coefficient (Wildman–Crippen LogP) is -0.205. The van der Waals surface area contributed by atoms with Gasteiger partial charge in [-0.15, -0.1) is 0 Å². The van der Waals surface area contributed by atoms with Crippen LogP contribution in [0.5, 0.6) is 0 Å². The van der Waals surface area contributed by atoms with Crippen molar-refractivity contribution >= 4 is 17.6 Å². The minimum Gasteiger partial charge on any atom is -0.614 e. The quantitative estimate of drug-likeness (QED) is 0.503. The lowest BCUT2D eigenvalue weighted by Gasteiger charge is -2.09. The second-order valence-electron chi connectivity index (χ2n) is 1.27. The summed E-state index contributed by atoms with van der Waals surface area (Å²) < 4.78 is 14.5. The van der Waals surface area contributed by atoms with Crippen LogP contribution in [0.25, 0.3) is 0 Å². The van der Waals surface area contributed by atoms with Crippen molar-refractivity contribution in [2.24, 2.45) is 0 Å². The van der Waals surface area contributed by atoms with Crippen LogP contribution in [0.2, 0.25) is 0 Å². The normalized spacial score (nSPS) is 16.9. The van der Waals surface area contributed by atoms with Crippen molar-refractivity contribution in [2.75, 3.05) is 6.26 Å². The van der Waals surface area contributed by atoms with E-state index in [9.17, 15) is 9.35 Å². The second-order valence-corrected chi connectivity index (χ2v) is 2.93. The third-order valence-electron chi connectivity index (χ3n) is 0.682. The Kier molecular flexibility index (Phi) is 3.64. The molecule has 4 heteroatoms. The Morgan fingerprint density at radius 2 is 2.38 bits per heavy atom. The minimum absolute atomic E-state index is 0.535. The molecule has 0 aliphatic carbocycles. The molecule has 0 aromatic heterocycles. The minimum atomic E-state index is -1.09. The topological polar surface area (TPSA) is 49.4 Å². The lowest BCUT2D eigenvalue weighted by atomic mass is 10.9. The van der Waals surface area contributed by atoms with Gasteiger partial charge in [0.05, 0.1) is 6.26 Å². The molecule has 2 atom stereocenters. The molecule has 0 saturated carbocycles. The SMILES string of the molecule is CC(O[C]=O)[S+](C)[O-]. The Labute approximate surface area is 51.2 Å². The van der Waals surface area contributed by atoms with Crippen LogP contribution in [0.3, 0.4) is 0 Å². The van der Waals surface area contributed by atoms with Crippen LogP contribution < -0.4 is 0 Å². The average Bonchev–Trinajstić information content (AvgIpc) is 1.67. The molecule has 0 saturated heterocycles. The average molecular weight is 135 g/mol. The van der Waals surface area contributed by atoms with E-state index in [0.717, 1.165) is 0 Å². The maximum absolute atomic E-state index is 10.3. The summed E-state index contributed by atoms with van der Waals surface area (Å²) >= 11 is -1.09. The van der Waals surface area contributed by atoms with E-state index in [1.54, 1.807) is 6.92 Å². The molecule has 0 aliphatic heterocycles. The first-order chi connectivity index (χ1) is 3.68. The standard InChI is InChI=1S/C4H7O3S/c1-4(7-3-5)8(2)6/h4H,1-2H3. The Balaban J connectivity index is 3.30. The molecule has 0 rings (SSSR count). The van der Waals surface area contributed by atoms with Gasteiger partial charge in [0, 0.05) is 6.92 Å². The number of hydrogen-bond acceptors (Lipinski definition) is 3. The van der Waals surface area contributed by atoms with E-state index in [2.05, 4.69) is 4.74 Å². The van der Waals surface area contributed by atoms with Crippen LogP contribution in [0.1, 0.15) is 6.92 Å². The number of hydrogen-bond donors (Lipinski definition) is 0. The highest BCUT2D eigenvalue weighted by Crippen LogP contribution is 1.96. The zero-order valence-corrected chi connectivity index (χ0v) is 5.53. The zero-order valence-electron chi connectivity index (χ0n) is 4.71. The van der Waals surface area contributed by atoms with Gasteiger partial charge in [-0.05, 0) is 11.2 Å². The molecule has 0 heterocycles. The van der Waals surface area contributed by atoms with Gasteiger partial charge in [-0.1, -0.05) is 0 Å². The molecule has 0 aliphatic rings. The molecule has 3 nitrogen and oxygen atoms in total. The fraction of sp³-hybridized carbons (Fsp3) is 0.750. The van der Waals surface area contributed by atoms with Crippen LogP contribution in [0, 0.1) is 0 Å². The van der Waals surface area contributed by atoms with Crippen LogP contribution in [-0.4, -0.2) is 22.7 Å². The van der Waals surface area contributed by atoms with Crippen molar-refractivity contribution in [3.8, 4) is 0 Å². The number of carbonyl (C=O) groups excluding carboxylic acids is 1. The highest BCUT2D eigenvalue weighted by Gasteiger charge is 2.10. The van der Waals surface area contributed by atoms with Crippen LogP contribution in [0.15, 0.2) is 0 Å². The first-order valence-electron chi connectivity index (χ1n) is 2.03. The van der Waals surface area contributed by atoms with Crippen LogP contribution >= 0.6 is 0 Å². The van der Waals surface area contributed by atoms with Gasteiger partial charge < -0.3 is 9.29 Å². The first-order valence-corrected chi connectivity index (χ1v) is 3.65. The summed E-state index contributed by atoms with van der Waals surface area (Å²) in [7, 11) is 0. The van der Waals surface area contributed by atoms with Gasteiger partial charge in [-0.25, -0.2) is 4.79 Å². The van der Waals surface area contributed by atoms with Gasteiger partial charge in [-0.3, -0.25) is 0 Å². The van der Waals surface area contributed by atoms with E-state index in [-0.39, 0.29) is 0 Å².